The van der Waals surface area contributed by atoms with Crippen molar-refractivity contribution in [1.82, 2.24) is 43.9 Å². The third-order valence-corrected chi connectivity index (χ3v) is 9.98. The number of imidazole rings is 2. The SMILES string of the molecule is Cn1c(=O)n(C2CCC(=O)NC2=O)c2ccc(CCOCCOCCNc3cc(Nc4cccn(-c5ccccn5)c4=O)nn4c(C(=O)N[C@@H]5C[C@@H]5F)cnc34)cc21. The maximum absolute atomic E-state index is 13.6. The van der Waals surface area contributed by atoms with Crippen LogP contribution in [-0.2, 0) is 32.5 Å². The van der Waals surface area contributed by atoms with Crippen LogP contribution in [0.5, 0.6) is 0 Å². The lowest BCUT2D eigenvalue weighted by Gasteiger charge is -2.21. The van der Waals surface area contributed by atoms with Gasteiger partial charge in [0.05, 0.1) is 55.4 Å². The number of fused-ring (bicyclic) bond motifs is 2. The Morgan fingerprint density at radius 2 is 1.79 bits per heavy atom. The van der Waals surface area contributed by atoms with Crippen molar-refractivity contribution in [2.45, 2.75) is 43.9 Å². The average molecular weight is 794 g/mol. The molecular weight excluding hydrogens is 753 g/mol. The van der Waals surface area contributed by atoms with E-state index in [-0.39, 0.29) is 53.6 Å². The van der Waals surface area contributed by atoms with Crippen molar-refractivity contribution in [3.05, 3.63) is 105 Å². The number of carbonyl (C=O) groups excluding carboxylic acids is 3. The minimum absolute atomic E-state index is 0.0998. The number of piperidine rings is 1. The van der Waals surface area contributed by atoms with E-state index in [4.69, 9.17) is 9.47 Å². The minimum atomic E-state index is -1.09. The zero-order valence-corrected chi connectivity index (χ0v) is 31.4. The molecule has 3 amide bonds. The van der Waals surface area contributed by atoms with Crippen LogP contribution in [0, 0.1) is 0 Å². The molecule has 6 heterocycles. The Bertz CT molecular complexity index is 2640. The van der Waals surface area contributed by atoms with E-state index in [0.29, 0.717) is 67.6 Å². The molecule has 1 aliphatic carbocycles. The number of halogens is 1. The van der Waals surface area contributed by atoms with Crippen LogP contribution in [0.2, 0.25) is 0 Å². The number of rotatable bonds is 16. The summed E-state index contributed by atoms with van der Waals surface area (Å²) in [7, 11) is 1.66. The molecule has 2 fully saturated rings. The van der Waals surface area contributed by atoms with Crippen LogP contribution in [0.15, 0.2) is 82.8 Å². The van der Waals surface area contributed by atoms with Crippen molar-refractivity contribution >= 4 is 51.6 Å². The third kappa shape index (κ3) is 7.94. The standard InChI is InChI=1S/C39H40FN11O7/c1-48-30-19-23(7-8-28(30)50(39(48)56)29-9-10-34(52)46-36(29)53)11-15-57-17-18-58-16-13-41-27-21-32(44-25-5-4-14-49(38(25)55)33-6-2-3-12-42-33)47-51-31(22-43-35(27)51)37(54)45-26-20-24(26)40/h2-8,12,14,19,21-22,24,26,29,41H,9-11,13,15-18,20H2,1H3,(H,44,47)(H,45,54)(H,46,52,53)/t24-,26+,29?/m0/s1. The minimum Gasteiger partial charge on any atom is -0.380 e. The maximum Gasteiger partial charge on any atom is 0.329 e. The summed E-state index contributed by atoms with van der Waals surface area (Å²) in [6.45, 7) is 1.73. The monoisotopic (exact) mass is 793 g/mol. The molecule has 4 N–H and O–H groups in total. The normalized spacial score (nSPS) is 17.7. The smallest absolute Gasteiger partial charge is 0.329 e. The van der Waals surface area contributed by atoms with Crippen LogP contribution in [0.1, 0.15) is 41.4 Å². The molecule has 1 aliphatic heterocycles. The second kappa shape index (κ2) is 16.4. The molecule has 1 aromatic carbocycles. The van der Waals surface area contributed by atoms with Gasteiger partial charge in [0.1, 0.15) is 23.7 Å². The van der Waals surface area contributed by atoms with E-state index >= 15 is 0 Å². The number of nitrogens with zero attached hydrogens (tertiary/aromatic N) is 7. The summed E-state index contributed by atoms with van der Waals surface area (Å²) in [6, 6.07) is 14.5. The van der Waals surface area contributed by atoms with E-state index < -0.39 is 30.1 Å². The summed E-state index contributed by atoms with van der Waals surface area (Å²) in [4.78, 5) is 72.3. The summed E-state index contributed by atoms with van der Waals surface area (Å²) in [5, 5.41) is 15.9. The topological polar surface area (TPSA) is 210 Å². The number of alkyl halides is 1. The molecule has 2 aliphatic rings. The van der Waals surface area contributed by atoms with Crippen LogP contribution < -0.4 is 32.5 Å². The zero-order chi connectivity index (χ0) is 40.3. The van der Waals surface area contributed by atoms with Crippen LogP contribution in [-0.4, -0.2) is 96.2 Å². The van der Waals surface area contributed by atoms with Crippen molar-refractivity contribution in [3.63, 3.8) is 0 Å². The predicted molar refractivity (Wildman–Crippen MR) is 209 cm³/mol. The first kappa shape index (κ1) is 38.2. The molecule has 19 heteroatoms. The summed E-state index contributed by atoms with van der Waals surface area (Å²) in [6.07, 6.45) is 4.76. The predicted octanol–water partition coefficient (Wildman–Crippen LogP) is 2.18. The molecule has 6 aromatic rings. The van der Waals surface area contributed by atoms with Gasteiger partial charge in [-0.15, -0.1) is 5.10 Å². The van der Waals surface area contributed by atoms with Crippen molar-refractivity contribution in [2.24, 2.45) is 7.05 Å². The van der Waals surface area contributed by atoms with Crippen LogP contribution in [0.3, 0.4) is 0 Å². The number of hydrogen-bond acceptors (Lipinski definition) is 12. The number of ether oxygens (including phenoxy) is 2. The Kier molecular flexibility index (Phi) is 10.8. The highest BCUT2D eigenvalue weighted by molar-refractivity contribution is 6.00. The number of hydrogen-bond donors (Lipinski definition) is 4. The second-order valence-electron chi connectivity index (χ2n) is 14.0. The van der Waals surface area contributed by atoms with Crippen molar-refractivity contribution in [3.8, 4) is 5.82 Å². The second-order valence-corrected chi connectivity index (χ2v) is 14.0. The first-order chi connectivity index (χ1) is 28.2. The van der Waals surface area contributed by atoms with Crippen molar-refractivity contribution in [1.29, 1.82) is 0 Å². The number of imide groups is 1. The number of pyridine rings is 2. The molecule has 0 radical (unpaired) electrons. The van der Waals surface area contributed by atoms with Gasteiger partial charge in [-0.05, 0) is 54.8 Å². The number of carbonyl (C=O) groups is 3. The largest absolute Gasteiger partial charge is 0.380 e. The van der Waals surface area contributed by atoms with Crippen LogP contribution in [0.4, 0.5) is 21.6 Å². The lowest BCUT2D eigenvalue weighted by atomic mass is 10.1. The van der Waals surface area contributed by atoms with Gasteiger partial charge in [0, 0.05) is 44.9 Å². The third-order valence-electron chi connectivity index (χ3n) is 9.98. The number of amides is 3. The fourth-order valence-corrected chi connectivity index (χ4v) is 6.84. The van der Waals surface area contributed by atoms with E-state index in [1.807, 2.05) is 18.2 Å². The molecule has 1 saturated carbocycles. The molecule has 1 saturated heterocycles. The van der Waals surface area contributed by atoms with E-state index in [1.54, 1.807) is 55.8 Å². The van der Waals surface area contributed by atoms with Gasteiger partial charge in [-0.1, -0.05) is 12.1 Å². The van der Waals surface area contributed by atoms with Crippen LogP contribution >= 0.6 is 0 Å². The Labute approximate surface area is 329 Å². The summed E-state index contributed by atoms with van der Waals surface area (Å²) in [5.41, 5.74) is 2.74. The number of nitrogens with one attached hydrogen (secondary N) is 4. The lowest BCUT2D eigenvalue weighted by Crippen LogP contribution is -2.44. The lowest BCUT2D eigenvalue weighted by molar-refractivity contribution is -0.135. The van der Waals surface area contributed by atoms with Gasteiger partial charge in [-0.3, -0.25) is 38.2 Å². The van der Waals surface area contributed by atoms with E-state index in [0.717, 1.165) is 5.56 Å². The molecular formula is C39H40FN11O7. The van der Waals surface area contributed by atoms with Crippen molar-refractivity contribution in [2.75, 3.05) is 43.6 Å². The Morgan fingerprint density at radius 1 is 0.966 bits per heavy atom. The molecule has 58 heavy (non-hydrogen) atoms. The first-order valence-electron chi connectivity index (χ1n) is 18.8. The quantitative estimate of drug-likeness (QED) is 0.0822. The molecule has 5 aromatic heterocycles. The number of anilines is 3. The van der Waals surface area contributed by atoms with Crippen LogP contribution in [0.25, 0.3) is 22.5 Å². The summed E-state index contributed by atoms with van der Waals surface area (Å²) >= 11 is 0. The van der Waals surface area contributed by atoms with Gasteiger partial charge in [0.25, 0.3) is 11.5 Å². The molecule has 300 valence electrons. The Morgan fingerprint density at radius 3 is 2.57 bits per heavy atom. The molecule has 8 rings (SSSR count). The molecule has 0 bridgehead atoms. The van der Waals surface area contributed by atoms with Gasteiger partial charge < -0.3 is 25.4 Å². The first-order valence-corrected chi connectivity index (χ1v) is 18.8. The van der Waals surface area contributed by atoms with Gasteiger partial charge in [0.15, 0.2) is 17.2 Å². The van der Waals surface area contributed by atoms with Gasteiger partial charge in [-0.25, -0.2) is 23.7 Å². The molecule has 3 atom stereocenters. The van der Waals surface area contributed by atoms with Gasteiger partial charge >= 0.3 is 5.69 Å². The fourth-order valence-electron chi connectivity index (χ4n) is 6.84. The number of aromatic nitrogens is 7. The zero-order valence-electron chi connectivity index (χ0n) is 31.4. The summed E-state index contributed by atoms with van der Waals surface area (Å²) in [5.74, 6) is -0.647. The fraction of sp³-hybridized carbons (Fsp3) is 0.333. The van der Waals surface area contributed by atoms with Crippen molar-refractivity contribution < 1.29 is 28.2 Å². The number of aryl methyl sites for hydroxylation is 1. The van der Waals surface area contributed by atoms with E-state index in [1.165, 1.54) is 24.4 Å². The molecule has 0 spiro atoms. The molecule has 18 nitrogen and oxygen atoms in total. The Balaban J connectivity index is 0.864. The highest BCUT2D eigenvalue weighted by Gasteiger charge is 2.39. The van der Waals surface area contributed by atoms with E-state index in [9.17, 15) is 28.4 Å². The average Bonchev–Trinajstić information content (AvgIpc) is 3.63. The maximum atomic E-state index is 13.6. The Hall–Kier alpha value is -6.73. The summed E-state index contributed by atoms with van der Waals surface area (Å²) < 4.78 is 30.9. The van der Waals surface area contributed by atoms with Gasteiger partial charge in [0.2, 0.25) is 11.8 Å². The highest BCUT2D eigenvalue weighted by Crippen LogP contribution is 2.27. The van der Waals surface area contributed by atoms with Gasteiger partial charge in [-0.2, -0.15) is 0 Å². The molecule has 1 unspecified atom stereocenters. The number of benzene rings is 1. The van der Waals surface area contributed by atoms with E-state index in [2.05, 4.69) is 36.3 Å². The highest BCUT2D eigenvalue weighted by atomic mass is 19.1.